The molecule has 0 saturated carbocycles. The van der Waals surface area contributed by atoms with Gasteiger partial charge in [-0.3, -0.25) is 9.78 Å². The van der Waals surface area contributed by atoms with Crippen LogP contribution in [0.1, 0.15) is 12.5 Å². The molecule has 2 heterocycles. The summed E-state index contributed by atoms with van der Waals surface area (Å²) in [6, 6.07) is 3.88. The third-order valence-corrected chi connectivity index (χ3v) is 3.27. The highest BCUT2D eigenvalue weighted by Crippen LogP contribution is 2.34. The Morgan fingerprint density at radius 3 is 3.13 bits per heavy atom. The Kier molecular flexibility index (Phi) is 2.44. The van der Waals surface area contributed by atoms with Gasteiger partial charge in [-0.25, -0.2) is 0 Å². The number of nitrogens with two attached hydrogens (primary N) is 1. The fraction of sp³-hybridized carbons (Fsp3) is 0.455. The standard InChI is InChI=1S/C11H15N3O/c1-11(8-3-2-4-13-5-8)7-14-6-9(11)10(12)15/h2-5,9,14H,6-7H2,1H3,(H2,12,15). The van der Waals surface area contributed by atoms with Crippen molar-refractivity contribution in [2.24, 2.45) is 11.7 Å². The molecule has 2 rings (SSSR count). The zero-order chi connectivity index (χ0) is 10.9. The summed E-state index contributed by atoms with van der Waals surface area (Å²) in [5, 5.41) is 3.21. The lowest BCUT2D eigenvalue weighted by molar-refractivity contribution is -0.122. The van der Waals surface area contributed by atoms with E-state index in [0.29, 0.717) is 6.54 Å². The number of rotatable bonds is 2. The second-order valence-corrected chi connectivity index (χ2v) is 4.25. The van der Waals surface area contributed by atoms with Crippen molar-refractivity contribution in [1.29, 1.82) is 0 Å². The van der Waals surface area contributed by atoms with Crippen molar-refractivity contribution in [2.45, 2.75) is 12.3 Å². The van der Waals surface area contributed by atoms with E-state index in [-0.39, 0.29) is 17.2 Å². The van der Waals surface area contributed by atoms with E-state index in [1.807, 2.05) is 18.3 Å². The normalized spacial score (nSPS) is 30.3. The summed E-state index contributed by atoms with van der Waals surface area (Å²) in [6.45, 7) is 3.48. The number of carbonyl (C=O) groups is 1. The molecule has 1 saturated heterocycles. The number of carbonyl (C=O) groups excluding carboxylic acids is 1. The zero-order valence-electron chi connectivity index (χ0n) is 8.73. The van der Waals surface area contributed by atoms with E-state index in [9.17, 15) is 4.79 Å². The Morgan fingerprint density at radius 1 is 1.73 bits per heavy atom. The molecule has 1 aliphatic rings. The summed E-state index contributed by atoms with van der Waals surface area (Å²) in [5.74, 6) is -0.395. The van der Waals surface area contributed by atoms with Crippen LogP contribution >= 0.6 is 0 Å². The minimum Gasteiger partial charge on any atom is -0.369 e. The fourth-order valence-corrected chi connectivity index (χ4v) is 2.24. The maximum atomic E-state index is 11.4. The van der Waals surface area contributed by atoms with Crippen molar-refractivity contribution in [3.8, 4) is 0 Å². The molecule has 2 atom stereocenters. The molecule has 0 radical (unpaired) electrons. The van der Waals surface area contributed by atoms with Crippen molar-refractivity contribution in [1.82, 2.24) is 10.3 Å². The van der Waals surface area contributed by atoms with Gasteiger partial charge in [0.05, 0.1) is 5.92 Å². The van der Waals surface area contributed by atoms with Crippen LogP contribution in [0, 0.1) is 5.92 Å². The first kappa shape index (κ1) is 10.1. The topological polar surface area (TPSA) is 68.0 Å². The van der Waals surface area contributed by atoms with Crippen LogP contribution in [0.25, 0.3) is 0 Å². The van der Waals surface area contributed by atoms with Crippen LogP contribution in [-0.4, -0.2) is 24.0 Å². The summed E-state index contributed by atoms with van der Waals surface area (Å²) >= 11 is 0. The summed E-state index contributed by atoms with van der Waals surface area (Å²) < 4.78 is 0. The van der Waals surface area contributed by atoms with Gasteiger partial charge in [-0.2, -0.15) is 0 Å². The Labute approximate surface area is 88.9 Å². The smallest absolute Gasteiger partial charge is 0.222 e. The molecule has 0 aliphatic carbocycles. The van der Waals surface area contributed by atoms with Crippen molar-refractivity contribution < 1.29 is 4.79 Å². The van der Waals surface area contributed by atoms with Crippen LogP contribution in [0.5, 0.6) is 0 Å². The van der Waals surface area contributed by atoms with E-state index in [4.69, 9.17) is 5.73 Å². The van der Waals surface area contributed by atoms with Crippen LogP contribution < -0.4 is 11.1 Å². The molecule has 4 nitrogen and oxygen atoms in total. The van der Waals surface area contributed by atoms with Gasteiger partial charge in [-0.1, -0.05) is 13.0 Å². The van der Waals surface area contributed by atoms with Gasteiger partial charge in [0.2, 0.25) is 5.91 Å². The lowest BCUT2D eigenvalue weighted by atomic mass is 9.74. The molecule has 0 spiro atoms. The first-order chi connectivity index (χ1) is 7.14. The molecular formula is C11H15N3O. The number of primary amides is 1. The summed E-state index contributed by atoms with van der Waals surface area (Å²) in [4.78, 5) is 15.4. The number of nitrogens with zero attached hydrogens (tertiary/aromatic N) is 1. The molecule has 1 aliphatic heterocycles. The minimum atomic E-state index is -0.244. The van der Waals surface area contributed by atoms with Gasteiger partial charge in [0.25, 0.3) is 0 Å². The number of hydrogen-bond donors (Lipinski definition) is 2. The fourth-order valence-electron chi connectivity index (χ4n) is 2.24. The van der Waals surface area contributed by atoms with E-state index in [0.717, 1.165) is 12.1 Å². The van der Waals surface area contributed by atoms with Gasteiger partial charge in [-0.15, -0.1) is 0 Å². The van der Waals surface area contributed by atoms with E-state index in [1.54, 1.807) is 6.20 Å². The lowest BCUT2D eigenvalue weighted by Crippen LogP contribution is -2.39. The maximum Gasteiger partial charge on any atom is 0.222 e. The molecule has 1 aromatic rings. The van der Waals surface area contributed by atoms with Gasteiger partial charge in [-0.05, 0) is 11.6 Å². The third kappa shape index (κ3) is 1.61. The monoisotopic (exact) mass is 205 g/mol. The van der Waals surface area contributed by atoms with Crippen LogP contribution in [0.4, 0.5) is 0 Å². The molecule has 1 fully saturated rings. The average molecular weight is 205 g/mol. The van der Waals surface area contributed by atoms with Crippen LogP contribution in [0.15, 0.2) is 24.5 Å². The first-order valence-corrected chi connectivity index (χ1v) is 5.05. The number of nitrogens with one attached hydrogen (secondary N) is 1. The molecule has 4 heteroatoms. The van der Waals surface area contributed by atoms with Crippen LogP contribution in [0.3, 0.4) is 0 Å². The second-order valence-electron chi connectivity index (χ2n) is 4.25. The number of aromatic nitrogens is 1. The van der Waals surface area contributed by atoms with Gasteiger partial charge < -0.3 is 11.1 Å². The summed E-state index contributed by atoms with van der Waals surface area (Å²) in [6.07, 6.45) is 3.54. The predicted molar refractivity (Wildman–Crippen MR) is 57.1 cm³/mol. The molecule has 2 unspecified atom stereocenters. The molecule has 15 heavy (non-hydrogen) atoms. The molecular weight excluding hydrogens is 190 g/mol. The molecule has 0 bridgehead atoms. The summed E-state index contributed by atoms with van der Waals surface area (Å²) in [7, 11) is 0. The Hall–Kier alpha value is -1.42. The zero-order valence-corrected chi connectivity index (χ0v) is 8.73. The van der Waals surface area contributed by atoms with E-state index in [2.05, 4.69) is 17.2 Å². The molecule has 0 aromatic carbocycles. The number of hydrogen-bond acceptors (Lipinski definition) is 3. The number of amides is 1. The van der Waals surface area contributed by atoms with Gasteiger partial charge in [0, 0.05) is 30.9 Å². The van der Waals surface area contributed by atoms with Crippen LogP contribution in [0.2, 0.25) is 0 Å². The SMILES string of the molecule is CC1(c2cccnc2)CNCC1C(N)=O. The van der Waals surface area contributed by atoms with E-state index in [1.165, 1.54) is 0 Å². The average Bonchev–Trinajstić information content (AvgIpc) is 2.63. The third-order valence-electron chi connectivity index (χ3n) is 3.27. The van der Waals surface area contributed by atoms with Crippen molar-refractivity contribution >= 4 is 5.91 Å². The lowest BCUT2D eigenvalue weighted by Gasteiger charge is -2.28. The highest BCUT2D eigenvalue weighted by atomic mass is 16.1. The maximum absolute atomic E-state index is 11.4. The van der Waals surface area contributed by atoms with Crippen LogP contribution in [-0.2, 0) is 10.2 Å². The first-order valence-electron chi connectivity index (χ1n) is 5.05. The van der Waals surface area contributed by atoms with E-state index < -0.39 is 0 Å². The quantitative estimate of drug-likeness (QED) is 0.716. The molecule has 3 N–H and O–H groups in total. The summed E-state index contributed by atoms with van der Waals surface area (Å²) in [5.41, 5.74) is 6.26. The molecule has 1 aromatic heterocycles. The van der Waals surface area contributed by atoms with Crippen molar-refractivity contribution in [3.05, 3.63) is 30.1 Å². The largest absolute Gasteiger partial charge is 0.369 e. The minimum absolute atomic E-state index is 0.151. The highest BCUT2D eigenvalue weighted by Gasteiger charge is 2.43. The highest BCUT2D eigenvalue weighted by molar-refractivity contribution is 5.79. The second kappa shape index (κ2) is 3.62. The number of pyridine rings is 1. The molecule has 1 amide bonds. The van der Waals surface area contributed by atoms with E-state index >= 15 is 0 Å². The predicted octanol–water partition coefficient (Wildman–Crippen LogP) is 0.0440. The van der Waals surface area contributed by atoms with Gasteiger partial charge >= 0.3 is 0 Å². The van der Waals surface area contributed by atoms with Gasteiger partial charge in [0.1, 0.15) is 0 Å². The molecule has 80 valence electrons. The Morgan fingerprint density at radius 2 is 2.53 bits per heavy atom. The Bertz CT molecular complexity index is 365. The van der Waals surface area contributed by atoms with Gasteiger partial charge in [0.15, 0.2) is 0 Å². The van der Waals surface area contributed by atoms with Crippen molar-refractivity contribution in [2.75, 3.05) is 13.1 Å². The Balaban J connectivity index is 2.37. The van der Waals surface area contributed by atoms with Crippen molar-refractivity contribution in [3.63, 3.8) is 0 Å².